The van der Waals surface area contributed by atoms with E-state index in [0.717, 1.165) is 23.8 Å². The van der Waals surface area contributed by atoms with Crippen molar-refractivity contribution in [1.82, 2.24) is 14.9 Å². The van der Waals surface area contributed by atoms with E-state index in [1.165, 1.54) is 31.0 Å². The summed E-state index contributed by atoms with van der Waals surface area (Å²) in [7, 11) is 0. The molecule has 1 N–H and O–H groups in total. The van der Waals surface area contributed by atoms with Crippen molar-refractivity contribution in [2.75, 3.05) is 12.3 Å². The largest absolute Gasteiger partial charge is 0.355 e. The number of hydrogen-bond donors (Lipinski definition) is 1. The van der Waals surface area contributed by atoms with E-state index in [4.69, 9.17) is 11.6 Å². The van der Waals surface area contributed by atoms with Crippen LogP contribution >= 0.6 is 23.4 Å². The molecule has 6 heteroatoms. The molecule has 1 amide bonds. The highest BCUT2D eigenvalue weighted by molar-refractivity contribution is 7.99. The lowest BCUT2D eigenvalue weighted by Crippen LogP contribution is -2.26. The highest BCUT2D eigenvalue weighted by atomic mass is 35.5. The maximum absolute atomic E-state index is 11.9. The molecule has 23 heavy (non-hydrogen) atoms. The van der Waals surface area contributed by atoms with Crippen LogP contribution in [0.4, 0.5) is 0 Å². The van der Waals surface area contributed by atoms with Gasteiger partial charge in [-0.15, -0.1) is 0 Å². The highest BCUT2D eigenvalue weighted by Crippen LogP contribution is 2.22. The summed E-state index contributed by atoms with van der Waals surface area (Å²) in [4.78, 5) is 16.2. The van der Waals surface area contributed by atoms with Gasteiger partial charge in [0.1, 0.15) is 0 Å². The SMILES string of the molecule is CCCCCCNC(=O)CSc1nccn1-c1cccc(Cl)c1. The molecule has 0 aliphatic carbocycles. The monoisotopic (exact) mass is 351 g/mol. The van der Waals surface area contributed by atoms with Crippen molar-refractivity contribution in [3.63, 3.8) is 0 Å². The second kappa shape index (κ2) is 9.63. The number of imidazole rings is 1. The van der Waals surface area contributed by atoms with Gasteiger partial charge in [0.15, 0.2) is 5.16 Å². The smallest absolute Gasteiger partial charge is 0.230 e. The Kier molecular flexibility index (Phi) is 7.49. The lowest BCUT2D eigenvalue weighted by molar-refractivity contribution is -0.118. The average Bonchev–Trinajstić information content (AvgIpc) is 3.01. The van der Waals surface area contributed by atoms with Gasteiger partial charge in [-0.25, -0.2) is 4.98 Å². The average molecular weight is 352 g/mol. The first-order valence-corrected chi connectivity index (χ1v) is 9.26. The van der Waals surface area contributed by atoms with Crippen LogP contribution in [0.3, 0.4) is 0 Å². The maximum atomic E-state index is 11.9. The zero-order valence-corrected chi connectivity index (χ0v) is 14.9. The number of carbonyl (C=O) groups excluding carboxylic acids is 1. The molecule has 1 aromatic heterocycles. The fourth-order valence-electron chi connectivity index (χ4n) is 2.18. The third-order valence-electron chi connectivity index (χ3n) is 3.38. The van der Waals surface area contributed by atoms with Crippen LogP contribution in [0.1, 0.15) is 32.6 Å². The van der Waals surface area contributed by atoms with E-state index >= 15 is 0 Å². The first-order valence-electron chi connectivity index (χ1n) is 7.89. The third-order valence-corrected chi connectivity index (χ3v) is 4.58. The predicted octanol–water partition coefficient (Wildman–Crippen LogP) is 4.31. The Bertz CT molecular complexity index is 630. The number of hydrogen-bond acceptors (Lipinski definition) is 3. The van der Waals surface area contributed by atoms with Crippen molar-refractivity contribution >= 4 is 29.3 Å². The minimum atomic E-state index is 0.0483. The van der Waals surface area contributed by atoms with Gasteiger partial charge < -0.3 is 5.32 Å². The molecule has 0 saturated heterocycles. The summed E-state index contributed by atoms with van der Waals surface area (Å²) in [5.74, 6) is 0.415. The van der Waals surface area contributed by atoms with Crippen LogP contribution in [0, 0.1) is 0 Å². The topological polar surface area (TPSA) is 46.9 Å². The van der Waals surface area contributed by atoms with Gasteiger partial charge in [0.05, 0.1) is 5.75 Å². The van der Waals surface area contributed by atoms with Gasteiger partial charge in [0.25, 0.3) is 0 Å². The number of benzene rings is 1. The number of aromatic nitrogens is 2. The lowest BCUT2D eigenvalue weighted by Gasteiger charge is -2.08. The van der Waals surface area contributed by atoms with Crippen LogP contribution in [-0.4, -0.2) is 27.8 Å². The summed E-state index contributed by atoms with van der Waals surface area (Å²) < 4.78 is 1.94. The lowest BCUT2D eigenvalue weighted by atomic mass is 10.2. The second-order valence-corrected chi connectivity index (χ2v) is 6.64. The van der Waals surface area contributed by atoms with Gasteiger partial charge in [-0.3, -0.25) is 9.36 Å². The van der Waals surface area contributed by atoms with Crippen molar-refractivity contribution < 1.29 is 4.79 Å². The normalized spacial score (nSPS) is 10.7. The van der Waals surface area contributed by atoms with Crippen molar-refractivity contribution in [1.29, 1.82) is 0 Å². The van der Waals surface area contributed by atoms with E-state index in [1.807, 2.05) is 35.0 Å². The van der Waals surface area contributed by atoms with Gasteiger partial charge in [0.2, 0.25) is 5.91 Å². The van der Waals surface area contributed by atoms with Gasteiger partial charge >= 0.3 is 0 Å². The summed E-state index contributed by atoms with van der Waals surface area (Å²) in [5, 5.41) is 4.42. The van der Waals surface area contributed by atoms with Gasteiger partial charge in [-0.1, -0.05) is 55.6 Å². The van der Waals surface area contributed by atoms with Crippen molar-refractivity contribution in [3.05, 3.63) is 41.7 Å². The Morgan fingerprint density at radius 3 is 3.00 bits per heavy atom. The zero-order chi connectivity index (χ0) is 16.5. The Labute approximate surface area is 146 Å². The number of unbranched alkanes of at least 4 members (excludes halogenated alkanes) is 3. The molecular weight excluding hydrogens is 330 g/mol. The molecule has 1 aromatic carbocycles. The molecule has 124 valence electrons. The number of nitrogens with one attached hydrogen (secondary N) is 1. The molecule has 2 rings (SSSR count). The summed E-state index contributed by atoms with van der Waals surface area (Å²) in [5.41, 5.74) is 0.942. The standard InChI is InChI=1S/C17H22ClN3OS/c1-2-3-4-5-9-19-16(22)13-23-17-20-10-11-21(17)15-8-6-7-14(18)12-15/h6-8,10-12H,2-5,9,13H2,1H3,(H,19,22). The second-order valence-electron chi connectivity index (χ2n) is 5.26. The summed E-state index contributed by atoms with van der Waals surface area (Å²) >= 11 is 7.46. The van der Waals surface area contributed by atoms with Crippen LogP contribution in [0.5, 0.6) is 0 Å². The number of amides is 1. The van der Waals surface area contributed by atoms with Crippen molar-refractivity contribution in [2.45, 2.75) is 37.8 Å². The first-order chi connectivity index (χ1) is 11.2. The molecular formula is C17H22ClN3OS. The fraction of sp³-hybridized carbons (Fsp3) is 0.412. The van der Waals surface area contributed by atoms with Crippen LogP contribution < -0.4 is 5.32 Å². The van der Waals surface area contributed by atoms with E-state index < -0.39 is 0 Å². The van der Waals surface area contributed by atoms with Gasteiger partial charge in [0, 0.05) is 29.6 Å². The first kappa shape index (κ1) is 17.9. The molecule has 4 nitrogen and oxygen atoms in total. The van der Waals surface area contributed by atoms with Crippen molar-refractivity contribution in [2.24, 2.45) is 0 Å². The Morgan fingerprint density at radius 2 is 2.22 bits per heavy atom. The quantitative estimate of drug-likeness (QED) is 0.540. The van der Waals surface area contributed by atoms with Gasteiger partial charge in [-0.05, 0) is 24.6 Å². The maximum Gasteiger partial charge on any atom is 0.230 e. The Hall–Kier alpha value is -1.46. The number of halogens is 1. The van der Waals surface area contributed by atoms with Crippen LogP contribution in [-0.2, 0) is 4.79 Å². The molecule has 0 radical (unpaired) electrons. The summed E-state index contributed by atoms with van der Waals surface area (Å²) in [6.07, 6.45) is 8.24. The number of nitrogens with zero attached hydrogens (tertiary/aromatic N) is 2. The molecule has 0 spiro atoms. The molecule has 0 aliphatic heterocycles. The highest BCUT2D eigenvalue weighted by Gasteiger charge is 2.09. The molecule has 0 saturated carbocycles. The number of carbonyl (C=O) groups is 1. The summed E-state index contributed by atoms with van der Waals surface area (Å²) in [6, 6.07) is 7.57. The van der Waals surface area contributed by atoms with E-state index in [9.17, 15) is 4.79 Å². The van der Waals surface area contributed by atoms with E-state index in [-0.39, 0.29) is 5.91 Å². The van der Waals surface area contributed by atoms with E-state index in [1.54, 1.807) is 6.20 Å². The van der Waals surface area contributed by atoms with E-state index in [0.29, 0.717) is 10.8 Å². The Morgan fingerprint density at radius 1 is 1.35 bits per heavy atom. The van der Waals surface area contributed by atoms with Crippen LogP contribution in [0.2, 0.25) is 5.02 Å². The predicted molar refractivity (Wildman–Crippen MR) is 96.4 cm³/mol. The summed E-state index contributed by atoms with van der Waals surface area (Å²) in [6.45, 7) is 2.93. The Balaban J connectivity index is 1.83. The molecule has 0 bridgehead atoms. The van der Waals surface area contributed by atoms with Crippen molar-refractivity contribution in [3.8, 4) is 5.69 Å². The van der Waals surface area contributed by atoms with Crippen LogP contribution in [0.15, 0.2) is 41.8 Å². The third kappa shape index (κ3) is 5.92. The minimum Gasteiger partial charge on any atom is -0.355 e. The number of rotatable bonds is 9. The molecule has 0 unspecified atom stereocenters. The molecule has 0 atom stereocenters. The fourth-order valence-corrected chi connectivity index (χ4v) is 3.17. The molecule has 0 aliphatic rings. The number of thioether (sulfide) groups is 1. The van der Waals surface area contributed by atoms with Crippen LogP contribution in [0.25, 0.3) is 5.69 Å². The molecule has 0 fully saturated rings. The van der Waals surface area contributed by atoms with E-state index in [2.05, 4.69) is 17.2 Å². The molecule has 2 aromatic rings. The molecule has 1 heterocycles. The zero-order valence-electron chi connectivity index (χ0n) is 13.3. The minimum absolute atomic E-state index is 0.0483. The van der Waals surface area contributed by atoms with Gasteiger partial charge in [-0.2, -0.15) is 0 Å².